The summed E-state index contributed by atoms with van der Waals surface area (Å²) in [4.78, 5) is 4.21. The van der Waals surface area contributed by atoms with E-state index in [0.29, 0.717) is 0 Å². The molecule has 2 aromatic heterocycles. The van der Waals surface area contributed by atoms with Crippen LogP contribution >= 0.6 is 0 Å². The number of aromatic nitrogens is 2. The highest BCUT2D eigenvalue weighted by molar-refractivity contribution is 5.29. The van der Waals surface area contributed by atoms with Crippen molar-refractivity contribution in [1.29, 1.82) is 0 Å². The lowest BCUT2D eigenvalue weighted by atomic mass is 10.0. The van der Waals surface area contributed by atoms with E-state index in [0.717, 1.165) is 25.3 Å². The first kappa shape index (κ1) is 9.66. The van der Waals surface area contributed by atoms with E-state index in [9.17, 15) is 0 Å². The van der Waals surface area contributed by atoms with Gasteiger partial charge in [-0.05, 0) is 25.0 Å². The molecule has 0 aliphatic carbocycles. The summed E-state index contributed by atoms with van der Waals surface area (Å²) in [5.74, 6) is 1.04. The summed E-state index contributed by atoms with van der Waals surface area (Å²) in [6.45, 7) is 4.05. The maximum Gasteiger partial charge on any atom is 0.130 e. The normalized spacial score (nSPS) is 19.7. The van der Waals surface area contributed by atoms with Crippen LogP contribution in [0.25, 0.3) is 0 Å². The molecule has 84 valence electrons. The van der Waals surface area contributed by atoms with Crippen molar-refractivity contribution in [2.75, 3.05) is 6.54 Å². The zero-order valence-electron chi connectivity index (χ0n) is 9.31. The Morgan fingerprint density at radius 2 is 2.56 bits per heavy atom. The minimum Gasteiger partial charge on any atom is -0.467 e. The van der Waals surface area contributed by atoms with Crippen molar-refractivity contribution in [2.45, 2.75) is 25.9 Å². The quantitative estimate of drug-likeness (QED) is 0.833. The molecule has 1 N–H and O–H groups in total. The topological polar surface area (TPSA) is 43.0 Å². The largest absolute Gasteiger partial charge is 0.467 e. The van der Waals surface area contributed by atoms with E-state index in [1.165, 1.54) is 11.3 Å². The third kappa shape index (κ3) is 1.38. The summed E-state index contributed by atoms with van der Waals surface area (Å²) < 4.78 is 7.74. The summed E-state index contributed by atoms with van der Waals surface area (Å²) in [7, 11) is 0. The molecule has 0 saturated carbocycles. The molecule has 3 heterocycles. The third-order valence-electron chi connectivity index (χ3n) is 3.17. The van der Waals surface area contributed by atoms with Gasteiger partial charge < -0.3 is 14.3 Å². The molecule has 0 spiro atoms. The Hall–Kier alpha value is -1.55. The molecule has 0 radical (unpaired) electrons. The van der Waals surface area contributed by atoms with Crippen molar-refractivity contribution in [3.05, 3.63) is 41.9 Å². The van der Waals surface area contributed by atoms with Crippen molar-refractivity contribution in [3.63, 3.8) is 0 Å². The van der Waals surface area contributed by atoms with E-state index >= 15 is 0 Å². The molecule has 0 amide bonds. The lowest BCUT2D eigenvalue weighted by Gasteiger charge is -2.23. The van der Waals surface area contributed by atoms with Crippen LogP contribution in [0, 0.1) is 0 Å². The highest BCUT2D eigenvalue weighted by Gasteiger charge is 2.26. The molecule has 0 fully saturated rings. The smallest absolute Gasteiger partial charge is 0.130 e. The van der Waals surface area contributed by atoms with E-state index in [1.807, 2.05) is 12.5 Å². The Bertz CT molecular complexity index is 486. The molecule has 0 aromatic carbocycles. The van der Waals surface area contributed by atoms with Crippen molar-refractivity contribution < 1.29 is 4.42 Å². The van der Waals surface area contributed by atoms with Gasteiger partial charge in [0.05, 0.1) is 24.5 Å². The average molecular weight is 217 g/mol. The number of nitrogens with one attached hydrogen (secondary N) is 1. The summed E-state index contributed by atoms with van der Waals surface area (Å²) in [6.07, 6.45) is 6.60. The molecule has 4 heteroatoms. The van der Waals surface area contributed by atoms with E-state index < -0.39 is 0 Å². The van der Waals surface area contributed by atoms with Crippen LogP contribution in [0.2, 0.25) is 0 Å². The molecule has 4 nitrogen and oxygen atoms in total. The molecule has 1 aliphatic heterocycles. The minimum absolute atomic E-state index is 0.154. The highest BCUT2D eigenvalue weighted by Crippen LogP contribution is 2.29. The summed E-state index contributed by atoms with van der Waals surface area (Å²) in [5, 5.41) is 3.48. The fraction of sp³-hybridized carbons (Fsp3) is 0.417. The number of aryl methyl sites for hydroxylation is 1. The maximum absolute atomic E-state index is 5.59. The molecular formula is C12H15N3O. The lowest BCUT2D eigenvalue weighted by Crippen LogP contribution is -2.31. The SMILES string of the molecule is CCn1cncc1C1NCCc2ccoc21. The van der Waals surface area contributed by atoms with Gasteiger partial charge in [0.25, 0.3) is 0 Å². The fourth-order valence-corrected chi connectivity index (χ4v) is 2.33. The Balaban J connectivity index is 2.04. The fourth-order valence-electron chi connectivity index (χ4n) is 2.33. The van der Waals surface area contributed by atoms with Crippen molar-refractivity contribution in [3.8, 4) is 0 Å². The average Bonchev–Trinajstić information content (AvgIpc) is 2.96. The van der Waals surface area contributed by atoms with Gasteiger partial charge in [-0.1, -0.05) is 0 Å². The predicted octanol–water partition coefficient (Wildman–Crippen LogP) is 1.73. The number of imidazole rings is 1. The predicted molar refractivity (Wildman–Crippen MR) is 60.2 cm³/mol. The van der Waals surface area contributed by atoms with Crippen LogP contribution in [0.1, 0.15) is 30.0 Å². The Labute approximate surface area is 94.3 Å². The third-order valence-corrected chi connectivity index (χ3v) is 3.17. The first-order chi connectivity index (χ1) is 7.90. The molecule has 1 atom stereocenters. The van der Waals surface area contributed by atoms with Crippen LogP contribution in [0.15, 0.2) is 29.3 Å². The molecule has 2 aromatic rings. The van der Waals surface area contributed by atoms with Crippen LogP contribution in [-0.2, 0) is 13.0 Å². The molecule has 3 rings (SSSR count). The molecule has 1 unspecified atom stereocenters. The van der Waals surface area contributed by atoms with Crippen LogP contribution < -0.4 is 5.32 Å². The molecular weight excluding hydrogens is 202 g/mol. The van der Waals surface area contributed by atoms with E-state index in [2.05, 4.69) is 27.9 Å². The van der Waals surface area contributed by atoms with Gasteiger partial charge in [-0.15, -0.1) is 0 Å². The first-order valence-electron chi connectivity index (χ1n) is 5.70. The number of fused-ring (bicyclic) bond motifs is 1. The number of rotatable bonds is 2. The van der Waals surface area contributed by atoms with E-state index in [-0.39, 0.29) is 6.04 Å². The van der Waals surface area contributed by atoms with Crippen molar-refractivity contribution in [1.82, 2.24) is 14.9 Å². The monoisotopic (exact) mass is 217 g/mol. The van der Waals surface area contributed by atoms with Crippen molar-refractivity contribution >= 4 is 0 Å². The zero-order chi connectivity index (χ0) is 11.0. The summed E-state index contributed by atoms with van der Waals surface area (Å²) in [6, 6.07) is 2.22. The van der Waals surface area contributed by atoms with Gasteiger partial charge in [0, 0.05) is 13.1 Å². The number of hydrogen-bond acceptors (Lipinski definition) is 3. The van der Waals surface area contributed by atoms with Crippen LogP contribution in [0.4, 0.5) is 0 Å². The molecule has 1 aliphatic rings. The molecule has 0 saturated heterocycles. The molecule has 16 heavy (non-hydrogen) atoms. The second-order valence-electron chi connectivity index (χ2n) is 4.05. The second-order valence-corrected chi connectivity index (χ2v) is 4.05. The Morgan fingerprint density at radius 1 is 1.62 bits per heavy atom. The van der Waals surface area contributed by atoms with Gasteiger partial charge in [-0.2, -0.15) is 0 Å². The number of hydrogen-bond donors (Lipinski definition) is 1. The van der Waals surface area contributed by atoms with Crippen LogP contribution in [-0.4, -0.2) is 16.1 Å². The number of nitrogens with zero attached hydrogens (tertiary/aromatic N) is 2. The Kier molecular flexibility index (Phi) is 2.29. The highest BCUT2D eigenvalue weighted by atomic mass is 16.3. The van der Waals surface area contributed by atoms with Gasteiger partial charge in [-0.3, -0.25) is 0 Å². The second kappa shape index (κ2) is 3.79. The van der Waals surface area contributed by atoms with Gasteiger partial charge in [-0.25, -0.2) is 4.98 Å². The van der Waals surface area contributed by atoms with Gasteiger partial charge in [0.15, 0.2) is 0 Å². The lowest BCUT2D eigenvalue weighted by molar-refractivity contribution is 0.412. The van der Waals surface area contributed by atoms with Gasteiger partial charge in [0.2, 0.25) is 0 Å². The number of furan rings is 1. The van der Waals surface area contributed by atoms with Crippen LogP contribution in [0.5, 0.6) is 0 Å². The zero-order valence-corrected chi connectivity index (χ0v) is 9.31. The standard InChI is InChI=1S/C12H15N3O/c1-2-15-8-13-7-10(15)11-12-9(3-5-14-11)4-6-16-12/h4,6-8,11,14H,2-3,5H2,1H3. The maximum atomic E-state index is 5.59. The summed E-state index contributed by atoms with van der Waals surface area (Å²) in [5.41, 5.74) is 2.49. The van der Waals surface area contributed by atoms with Gasteiger partial charge in [0.1, 0.15) is 11.8 Å². The van der Waals surface area contributed by atoms with Crippen LogP contribution in [0.3, 0.4) is 0 Å². The summed E-state index contributed by atoms with van der Waals surface area (Å²) >= 11 is 0. The van der Waals surface area contributed by atoms with E-state index in [4.69, 9.17) is 4.42 Å². The van der Waals surface area contributed by atoms with Crippen molar-refractivity contribution in [2.24, 2.45) is 0 Å². The first-order valence-corrected chi connectivity index (χ1v) is 5.70. The Morgan fingerprint density at radius 3 is 3.44 bits per heavy atom. The minimum atomic E-state index is 0.154. The van der Waals surface area contributed by atoms with Gasteiger partial charge >= 0.3 is 0 Å². The van der Waals surface area contributed by atoms with E-state index in [1.54, 1.807) is 6.26 Å². The molecule has 0 bridgehead atoms.